The number of morpholine rings is 1. The van der Waals surface area contributed by atoms with Gasteiger partial charge < -0.3 is 19.5 Å². The van der Waals surface area contributed by atoms with Crippen LogP contribution in [0.25, 0.3) is 5.76 Å². The van der Waals surface area contributed by atoms with Crippen molar-refractivity contribution in [2.75, 3.05) is 46.5 Å². The number of likely N-dealkylation sites (tertiary alicyclic amines) is 1. The van der Waals surface area contributed by atoms with Crippen molar-refractivity contribution in [1.29, 1.82) is 0 Å². The molecule has 0 aromatic heterocycles. The summed E-state index contributed by atoms with van der Waals surface area (Å²) in [4.78, 5) is 29.8. The van der Waals surface area contributed by atoms with Gasteiger partial charge in [-0.2, -0.15) is 0 Å². The molecule has 1 amide bonds. The van der Waals surface area contributed by atoms with Crippen molar-refractivity contribution >= 4 is 29.1 Å². The molecule has 7 nitrogen and oxygen atoms in total. The number of benzene rings is 2. The lowest BCUT2D eigenvalue weighted by Gasteiger charge is -2.29. The molecule has 180 valence electrons. The van der Waals surface area contributed by atoms with Gasteiger partial charge in [0, 0.05) is 31.7 Å². The Morgan fingerprint density at radius 1 is 1.18 bits per heavy atom. The van der Waals surface area contributed by atoms with Gasteiger partial charge in [0.1, 0.15) is 17.3 Å². The van der Waals surface area contributed by atoms with Gasteiger partial charge >= 0.3 is 0 Å². The molecule has 0 bridgehead atoms. The number of rotatable bonds is 7. The summed E-state index contributed by atoms with van der Waals surface area (Å²) < 4.78 is 24.6. The van der Waals surface area contributed by atoms with Crippen molar-refractivity contribution in [2.24, 2.45) is 0 Å². The van der Waals surface area contributed by atoms with Crippen LogP contribution in [0.15, 0.2) is 48.0 Å². The molecule has 0 radical (unpaired) electrons. The minimum absolute atomic E-state index is 0.0943. The fraction of sp³-hybridized carbons (Fsp3) is 0.360. The van der Waals surface area contributed by atoms with E-state index in [2.05, 4.69) is 4.90 Å². The predicted molar refractivity (Wildman–Crippen MR) is 125 cm³/mol. The molecule has 2 aromatic carbocycles. The first-order valence-electron chi connectivity index (χ1n) is 11.1. The first kappa shape index (κ1) is 24.2. The van der Waals surface area contributed by atoms with Crippen molar-refractivity contribution in [2.45, 2.75) is 12.5 Å². The average Bonchev–Trinajstić information content (AvgIpc) is 3.09. The highest BCUT2D eigenvalue weighted by Crippen LogP contribution is 2.40. The zero-order valence-electron chi connectivity index (χ0n) is 18.8. The highest BCUT2D eigenvalue weighted by Gasteiger charge is 2.46. The van der Waals surface area contributed by atoms with E-state index >= 15 is 0 Å². The monoisotopic (exact) mass is 488 g/mol. The zero-order valence-corrected chi connectivity index (χ0v) is 19.6. The number of carbonyl (C=O) groups excluding carboxylic acids is 2. The molecule has 2 fully saturated rings. The summed E-state index contributed by atoms with van der Waals surface area (Å²) in [5, 5.41) is 11.4. The SMILES string of the molecule is COc1ccc(/C(O)=C2/C(=O)C(=O)N(CCCN3CCOCC3)C2c2cccc(F)c2)cc1Cl. The van der Waals surface area contributed by atoms with Crippen molar-refractivity contribution in [1.82, 2.24) is 9.80 Å². The molecule has 2 heterocycles. The van der Waals surface area contributed by atoms with E-state index in [1.54, 1.807) is 18.2 Å². The maximum absolute atomic E-state index is 14.1. The normalized spacial score (nSPS) is 20.7. The summed E-state index contributed by atoms with van der Waals surface area (Å²) in [6.07, 6.45) is 0.618. The maximum atomic E-state index is 14.1. The molecule has 4 rings (SSSR count). The van der Waals surface area contributed by atoms with Gasteiger partial charge in [-0.25, -0.2) is 4.39 Å². The number of amides is 1. The number of aliphatic hydroxyl groups excluding tert-OH is 1. The number of ether oxygens (including phenoxy) is 2. The van der Waals surface area contributed by atoms with Crippen molar-refractivity contribution in [3.8, 4) is 5.75 Å². The molecule has 0 spiro atoms. The van der Waals surface area contributed by atoms with E-state index in [-0.39, 0.29) is 28.5 Å². The van der Waals surface area contributed by atoms with Crippen LogP contribution in [-0.4, -0.2) is 73.1 Å². The number of halogens is 2. The first-order chi connectivity index (χ1) is 16.4. The highest BCUT2D eigenvalue weighted by molar-refractivity contribution is 6.46. The number of Topliss-reactive ketones (excluding diaryl/α,β-unsaturated/α-hetero) is 1. The summed E-state index contributed by atoms with van der Waals surface area (Å²) in [6, 6.07) is 9.38. The van der Waals surface area contributed by atoms with Crippen LogP contribution < -0.4 is 4.74 Å². The molecule has 0 saturated carbocycles. The van der Waals surface area contributed by atoms with Gasteiger partial charge in [-0.1, -0.05) is 23.7 Å². The van der Waals surface area contributed by atoms with E-state index in [1.165, 1.54) is 36.3 Å². The summed E-state index contributed by atoms with van der Waals surface area (Å²) in [7, 11) is 1.47. The lowest BCUT2D eigenvalue weighted by atomic mass is 9.95. The molecule has 1 atom stereocenters. The van der Waals surface area contributed by atoms with Gasteiger partial charge in [0.05, 0.1) is 37.0 Å². The molecule has 2 aliphatic heterocycles. The largest absolute Gasteiger partial charge is 0.507 e. The third-order valence-corrected chi connectivity index (χ3v) is 6.40. The Bertz CT molecular complexity index is 1120. The second kappa shape index (κ2) is 10.5. The molecule has 9 heteroatoms. The summed E-state index contributed by atoms with van der Waals surface area (Å²) in [5.74, 6) is -2.00. The Hall–Kier alpha value is -2.94. The van der Waals surface area contributed by atoms with Crippen molar-refractivity contribution in [3.05, 3.63) is 70.0 Å². The Labute approximate surface area is 202 Å². The topological polar surface area (TPSA) is 79.3 Å². The van der Waals surface area contributed by atoms with E-state index in [0.29, 0.717) is 30.9 Å². The number of hydrogen-bond acceptors (Lipinski definition) is 6. The van der Waals surface area contributed by atoms with E-state index < -0.39 is 23.5 Å². The van der Waals surface area contributed by atoms with Crippen LogP contribution in [0.1, 0.15) is 23.6 Å². The molecule has 1 unspecified atom stereocenters. The Morgan fingerprint density at radius 2 is 1.94 bits per heavy atom. The predicted octanol–water partition coefficient (Wildman–Crippen LogP) is 3.63. The fourth-order valence-corrected chi connectivity index (χ4v) is 4.65. The number of methoxy groups -OCH3 is 1. The van der Waals surface area contributed by atoms with Gasteiger partial charge in [0.15, 0.2) is 0 Å². The Balaban J connectivity index is 1.69. The van der Waals surface area contributed by atoms with Crippen LogP contribution in [0.2, 0.25) is 5.02 Å². The van der Waals surface area contributed by atoms with Crippen LogP contribution in [0.3, 0.4) is 0 Å². The molecule has 0 aliphatic carbocycles. The number of nitrogens with zero attached hydrogens (tertiary/aromatic N) is 2. The lowest BCUT2D eigenvalue weighted by Crippen LogP contribution is -2.39. The minimum atomic E-state index is -0.915. The van der Waals surface area contributed by atoms with Crippen molar-refractivity contribution < 1.29 is 28.6 Å². The molecule has 2 aliphatic rings. The first-order valence-corrected chi connectivity index (χ1v) is 11.5. The highest BCUT2D eigenvalue weighted by atomic mass is 35.5. The molecular weight excluding hydrogens is 463 g/mol. The quantitative estimate of drug-likeness (QED) is 0.364. The van der Waals surface area contributed by atoms with Gasteiger partial charge in [-0.3, -0.25) is 14.5 Å². The number of carbonyl (C=O) groups is 2. The molecular formula is C25H26ClFN2O5. The third-order valence-electron chi connectivity index (χ3n) is 6.11. The Kier molecular flexibility index (Phi) is 7.50. The van der Waals surface area contributed by atoms with Gasteiger partial charge in [0.2, 0.25) is 0 Å². The average molecular weight is 489 g/mol. The van der Waals surface area contributed by atoms with E-state index in [0.717, 1.165) is 19.6 Å². The Morgan fingerprint density at radius 3 is 2.62 bits per heavy atom. The lowest BCUT2D eigenvalue weighted by molar-refractivity contribution is -0.140. The number of aliphatic hydroxyl groups is 1. The summed E-state index contributed by atoms with van der Waals surface area (Å²) in [5.41, 5.74) is 0.577. The maximum Gasteiger partial charge on any atom is 0.295 e. The zero-order chi connectivity index (χ0) is 24.2. The molecule has 1 N–H and O–H groups in total. The van der Waals surface area contributed by atoms with E-state index in [9.17, 15) is 19.1 Å². The second-order valence-electron chi connectivity index (χ2n) is 8.20. The van der Waals surface area contributed by atoms with Crippen LogP contribution in [0.4, 0.5) is 4.39 Å². The van der Waals surface area contributed by atoms with Gasteiger partial charge in [-0.15, -0.1) is 0 Å². The van der Waals surface area contributed by atoms with Crippen LogP contribution in [0.5, 0.6) is 5.75 Å². The smallest absolute Gasteiger partial charge is 0.295 e. The minimum Gasteiger partial charge on any atom is -0.507 e. The van der Waals surface area contributed by atoms with E-state index in [1.807, 2.05) is 0 Å². The fourth-order valence-electron chi connectivity index (χ4n) is 4.39. The van der Waals surface area contributed by atoms with Gasteiger partial charge in [-0.05, 0) is 42.3 Å². The van der Waals surface area contributed by atoms with Crippen molar-refractivity contribution in [3.63, 3.8) is 0 Å². The summed E-state index contributed by atoms with van der Waals surface area (Å²) >= 11 is 6.21. The molecule has 2 aromatic rings. The molecule has 2 saturated heterocycles. The third kappa shape index (κ3) is 4.94. The van der Waals surface area contributed by atoms with Crippen LogP contribution in [0, 0.1) is 5.82 Å². The standard InChI is InChI=1S/C25H26ClFN2O5/c1-33-20-7-6-17(15-19(20)26)23(30)21-22(16-4-2-5-18(27)14-16)29(25(32)24(21)31)9-3-8-28-10-12-34-13-11-28/h2,4-7,14-15,22,30H,3,8-13H2,1H3/b23-21-. The second-order valence-corrected chi connectivity index (χ2v) is 8.61. The van der Waals surface area contributed by atoms with Crippen LogP contribution >= 0.6 is 11.6 Å². The van der Waals surface area contributed by atoms with E-state index in [4.69, 9.17) is 21.1 Å². The molecule has 34 heavy (non-hydrogen) atoms. The van der Waals surface area contributed by atoms with Crippen LogP contribution in [-0.2, 0) is 14.3 Å². The number of ketones is 1. The number of hydrogen-bond donors (Lipinski definition) is 1. The summed E-state index contributed by atoms with van der Waals surface area (Å²) in [6.45, 7) is 3.96. The van der Waals surface area contributed by atoms with Gasteiger partial charge in [0.25, 0.3) is 11.7 Å².